The van der Waals surface area contributed by atoms with Crippen molar-refractivity contribution < 1.29 is 4.79 Å². The van der Waals surface area contributed by atoms with Gasteiger partial charge in [0.05, 0.1) is 5.52 Å². The summed E-state index contributed by atoms with van der Waals surface area (Å²) >= 11 is 0. The van der Waals surface area contributed by atoms with E-state index in [2.05, 4.69) is 42.7 Å². The van der Waals surface area contributed by atoms with E-state index < -0.39 is 5.54 Å². The molecule has 1 aromatic heterocycles. The molecule has 0 spiro atoms. The van der Waals surface area contributed by atoms with Gasteiger partial charge < -0.3 is 10.6 Å². The minimum Gasteiger partial charge on any atom is -0.367 e. The molecule has 30 heavy (non-hydrogen) atoms. The van der Waals surface area contributed by atoms with Gasteiger partial charge in [0, 0.05) is 18.5 Å². The van der Waals surface area contributed by atoms with Crippen molar-refractivity contribution in [3.8, 4) is 0 Å². The van der Waals surface area contributed by atoms with E-state index in [1.54, 1.807) is 7.05 Å². The summed E-state index contributed by atoms with van der Waals surface area (Å²) < 4.78 is 0. The highest BCUT2D eigenvalue weighted by atomic mass is 16.2. The number of carbonyl (C=O) groups excluding carboxylic acids is 1. The van der Waals surface area contributed by atoms with Crippen LogP contribution in [0.15, 0.2) is 36.4 Å². The highest BCUT2D eigenvalue weighted by Gasteiger charge is 2.52. The fourth-order valence-corrected chi connectivity index (χ4v) is 5.19. The second-order valence-corrected chi connectivity index (χ2v) is 9.09. The Kier molecular flexibility index (Phi) is 5.67. The molecule has 1 aromatic carbocycles. The van der Waals surface area contributed by atoms with Gasteiger partial charge in [0.25, 0.3) is 5.91 Å². The third-order valence-electron chi connectivity index (χ3n) is 7.16. The van der Waals surface area contributed by atoms with Crippen LogP contribution in [0.4, 0.5) is 5.82 Å². The number of anilines is 1. The van der Waals surface area contributed by atoms with Gasteiger partial charge in [-0.1, -0.05) is 51.3 Å². The molecule has 0 bridgehead atoms. The van der Waals surface area contributed by atoms with Crippen LogP contribution < -0.4 is 10.6 Å². The van der Waals surface area contributed by atoms with E-state index in [0.29, 0.717) is 12.0 Å². The van der Waals surface area contributed by atoms with Crippen LogP contribution in [-0.2, 0) is 4.79 Å². The van der Waals surface area contributed by atoms with Gasteiger partial charge in [-0.15, -0.1) is 0 Å². The Balaban J connectivity index is 1.47. The molecule has 2 aromatic rings. The Bertz CT molecular complexity index is 944. The summed E-state index contributed by atoms with van der Waals surface area (Å²) in [6, 6.07) is 12.7. The average Bonchev–Trinajstić information content (AvgIpc) is 2.97. The van der Waals surface area contributed by atoms with Crippen molar-refractivity contribution in [3.63, 3.8) is 0 Å². The first-order valence-electron chi connectivity index (χ1n) is 11.2. The lowest BCUT2D eigenvalue weighted by atomic mass is 9.72. The van der Waals surface area contributed by atoms with E-state index in [9.17, 15) is 4.79 Å². The topological polar surface area (TPSA) is 81.1 Å². The highest BCUT2D eigenvalue weighted by molar-refractivity contribution is 6.07. The van der Waals surface area contributed by atoms with E-state index >= 15 is 0 Å². The van der Waals surface area contributed by atoms with Crippen LogP contribution in [0.5, 0.6) is 0 Å². The number of carbonyl (C=O) groups is 1. The minimum absolute atomic E-state index is 0.0492. The zero-order chi connectivity index (χ0) is 21.3. The van der Waals surface area contributed by atoms with Gasteiger partial charge in [0.2, 0.25) is 0 Å². The van der Waals surface area contributed by atoms with Gasteiger partial charge in [0.15, 0.2) is 5.96 Å². The van der Waals surface area contributed by atoms with Crippen molar-refractivity contribution in [1.29, 1.82) is 5.41 Å². The van der Waals surface area contributed by atoms with Crippen molar-refractivity contribution in [2.75, 3.05) is 12.4 Å². The third-order valence-corrected chi connectivity index (χ3v) is 7.16. The van der Waals surface area contributed by atoms with E-state index in [1.165, 1.54) is 4.90 Å². The van der Waals surface area contributed by atoms with E-state index in [1.807, 2.05) is 18.2 Å². The summed E-state index contributed by atoms with van der Waals surface area (Å²) in [5.41, 5.74) is 0.363. The lowest BCUT2D eigenvalue weighted by Crippen LogP contribution is -2.54. The molecular formula is C24H33N5O. The van der Waals surface area contributed by atoms with Crippen LogP contribution in [0, 0.1) is 17.2 Å². The molecule has 1 saturated heterocycles. The second kappa shape index (κ2) is 8.25. The number of likely N-dealkylation sites (N-methyl/N-ethyl adjacent to an activating group) is 1. The van der Waals surface area contributed by atoms with Crippen molar-refractivity contribution in [2.45, 2.75) is 64.0 Å². The number of rotatable bonds is 6. The molecule has 1 aliphatic heterocycles. The molecule has 1 aliphatic carbocycles. The Morgan fingerprint density at radius 1 is 1.30 bits per heavy atom. The number of fused-ring (bicyclic) bond motifs is 1. The SMILES string of the molecule is CCC(C)[C@]1(C[C@H]2CCC[C@@H](Nc3ccc4ccccc4n3)C2)NC(=N)N(C)C1=O. The predicted molar refractivity (Wildman–Crippen MR) is 122 cm³/mol. The fourth-order valence-electron chi connectivity index (χ4n) is 5.19. The Morgan fingerprint density at radius 2 is 2.10 bits per heavy atom. The molecule has 1 saturated carbocycles. The number of amides is 1. The smallest absolute Gasteiger partial charge is 0.255 e. The molecule has 1 unspecified atom stereocenters. The third kappa shape index (κ3) is 3.75. The summed E-state index contributed by atoms with van der Waals surface area (Å²) in [5.74, 6) is 1.83. The number of benzene rings is 1. The molecular weight excluding hydrogens is 374 g/mol. The van der Waals surface area contributed by atoms with Gasteiger partial charge >= 0.3 is 0 Å². The van der Waals surface area contributed by atoms with Crippen molar-refractivity contribution >= 4 is 28.6 Å². The number of guanidine groups is 1. The Labute approximate surface area is 179 Å². The fraction of sp³-hybridized carbons (Fsp3) is 0.542. The monoisotopic (exact) mass is 407 g/mol. The minimum atomic E-state index is -0.645. The largest absolute Gasteiger partial charge is 0.367 e. The quantitative estimate of drug-likeness (QED) is 0.664. The van der Waals surface area contributed by atoms with Crippen molar-refractivity contribution in [2.24, 2.45) is 11.8 Å². The van der Waals surface area contributed by atoms with Crippen molar-refractivity contribution in [1.82, 2.24) is 15.2 Å². The number of nitrogens with one attached hydrogen (secondary N) is 3. The lowest BCUT2D eigenvalue weighted by Gasteiger charge is -2.39. The summed E-state index contributed by atoms with van der Waals surface area (Å²) in [4.78, 5) is 19.4. The molecule has 2 aliphatic rings. The van der Waals surface area contributed by atoms with Gasteiger partial charge in [-0.3, -0.25) is 15.1 Å². The summed E-state index contributed by atoms with van der Waals surface area (Å²) in [6.07, 6.45) is 6.13. The molecule has 4 atom stereocenters. The lowest BCUT2D eigenvalue weighted by molar-refractivity contribution is -0.133. The van der Waals surface area contributed by atoms with Gasteiger partial charge in [-0.2, -0.15) is 0 Å². The van der Waals surface area contributed by atoms with Crippen LogP contribution in [0.2, 0.25) is 0 Å². The van der Waals surface area contributed by atoms with Crippen LogP contribution >= 0.6 is 0 Å². The van der Waals surface area contributed by atoms with E-state index in [-0.39, 0.29) is 17.8 Å². The Hall–Kier alpha value is -2.63. The standard InChI is InChI=1S/C24H33N5O/c1-4-16(2)24(22(30)29(3)23(25)28-24)15-17-8-7-10-19(14-17)26-21-13-12-18-9-5-6-11-20(18)27-21/h5-6,9,11-13,16-17,19H,4,7-8,10,14-15H2,1-3H3,(H2,25,28)(H,26,27)/t16?,17-,19+,24-/m0/s1. The first-order valence-corrected chi connectivity index (χ1v) is 11.2. The summed E-state index contributed by atoms with van der Waals surface area (Å²) in [5, 5.41) is 16.2. The maximum absolute atomic E-state index is 13.1. The van der Waals surface area contributed by atoms with Gasteiger partial charge in [0.1, 0.15) is 11.4 Å². The molecule has 2 fully saturated rings. The van der Waals surface area contributed by atoms with Gasteiger partial charge in [-0.25, -0.2) is 4.98 Å². The first kappa shape index (κ1) is 20.6. The molecule has 2 heterocycles. The number of aromatic nitrogens is 1. The average molecular weight is 408 g/mol. The zero-order valence-corrected chi connectivity index (χ0v) is 18.2. The van der Waals surface area contributed by atoms with Crippen LogP contribution in [0.3, 0.4) is 0 Å². The molecule has 3 N–H and O–H groups in total. The van der Waals surface area contributed by atoms with Crippen LogP contribution in [0.1, 0.15) is 52.4 Å². The normalized spacial score (nSPS) is 27.9. The Morgan fingerprint density at radius 3 is 2.83 bits per heavy atom. The number of hydrogen-bond donors (Lipinski definition) is 3. The van der Waals surface area contributed by atoms with Crippen molar-refractivity contribution in [3.05, 3.63) is 36.4 Å². The number of pyridine rings is 1. The first-order chi connectivity index (χ1) is 14.4. The van der Waals surface area contributed by atoms with E-state index in [4.69, 9.17) is 10.4 Å². The number of nitrogens with zero attached hydrogens (tertiary/aromatic N) is 2. The second-order valence-electron chi connectivity index (χ2n) is 9.09. The molecule has 6 nitrogen and oxygen atoms in total. The van der Waals surface area contributed by atoms with Crippen LogP contribution in [-0.4, -0.2) is 40.4 Å². The zero-order valence-electron chi connectivity index (χ0n) is 18.2. The number of hydrogen-bond acceptors (Lipinski definition) is 4. The molecule has 160 valence electrons. The van der Waals surface area contributed by atoms with Crippen LogP contribution in [0.25, 0.3) is 10.9 Å². The highest BCUT2D eigenvalue weighted by Crippen LogP contribution is 2.39. The maximum atomic E-state index is 13.1. The predicted octanol–water partition coefficient (Wildman–Crippen LogP) is 4.38. The summed E-state index contributed by atoms with van der Waals surface area (Å²) in [6.45, 7) is 4.26. The van der Waals surface area contributed by atoms with E-state index in [0.717, 1.165) is 55.2 Å². The maximum Gasteiger partial charge on any atom is 0.255 e. The molecule has 0 radical (unpaired) electrons. The molecule has 4 rings (SSSR count). The van der Waals surface area contributed by atoms with Gasteiger partial charge in [-0.05, 0) is 49.3 Å². The molecule has 6 heteroatoms. The number of para-hydroxylation sites is 1. The molecule has 1 amide bonds. The summed E-state index contributed by atoms with van der Waals surface area (Å²) in [7, 11) is 1.71.